The molecule has 0 saturated carbocycles. The minimum Gasteiger partial charge on any atom is -0.364 e. The van der Waals surface area contributed by atoms with Gasteiger partial charge in [-0.1, -0.05) is 29.8 Å². The highest BCUT2D eigenvalue weighted by atomic mass is 35.5. The number of amides is 2. The molecule has 0 aliphatic carbocycles. The second-order valence-corrected chi connectivity index (χ2v) is 8.20. The monoisotopic (exact) mass is 401 g/mol. The normalized spacial score (nSPS) is 18.7. The molecule has 1 aromatic carbocycles. The van der Waals surface area contributed by atoms with Gasteiger partial charge in [-0.25, -0.2) is 0 Å². The lowest BCUT2D eigenvalue weighted by Crippen LogP contribution is -2.45. The largest absolute Gasteiger partial charge is 0.364 e. The Morgan fingerprint density at radius 1 is 1.00 bits per heavy atom. The highest BCUT2D eigenvalue weighted by Crippen LogP contribution is 2.35. The molecular weight excluding hydrogens is 382 g/mol. The van der Waals surface area contributed by atoms with Gasteiger partial charge in [-0.2, -0.15) is 0 Å². The maximum Gasteiger partial charge on any atom is 0.278 e. The van der Waals surface area contributed by atoms with E-state index in [2.05, 4.69) is 16.8 Å². The molecule has 0 bridgehead atoms. The van der Waals surface area contributed by atoms with Gasteiger partial charge in [-0.15, -0.1) is 11.3 Å². The first-order valence-electron chi connectivity index (χ1n) is 8.87. The van der Waals surface area contributed by atoms with E-state index in [0.29, 0.717) is 16.3 Å². The number of carbonyl (C=O) groups is 2. The van der Waals surface area contributed by atoms with Crippen LogP contribution in [-0.4, -0.2) is 59.7 Å². The number of thiophene rings is 1. The number of hydrogen-bond donors (Lipinski definition) is 0. The average molecular weight is 402 g/mol. The van der Waals surface area contributed by atoms with Gasteiger partial charge in [0.15, 0.2) is 0 Å². The third-order valence-corrected chi connectivity index (χ3v) is 6.12. The van der Waals surface area contributed by atoms with Crippen molar-refractivity contribution in [1.82, 2.24) is 14.7 Å². The molecule has 1 fully saturated rings. The van der Waals surface area contributed by atoms with E-state index < -0.39 is 0 Å². The lowest BCUT2D eigenvalue weighted by atomic mass is 10.1. The van der Waals surface area contributed by atoms with Crippen molar-refractivity contribution in [3.63, 3.8) is 0 Å². The Labute approximate surface area is 167 Å². The van der Waals surface area contributed by atoms with Gasteiger partial charge in [-0.3, -0.25) is 14.5 Å². The summed E-state index contributed by atoms with van der Waals surface area (Å²) >= 11 is 7.44. The molecule has 2 aliphatic heterocycles. The van der Waals surface area contributed by atoms with E-state index in [1.54, 1.807) is 12.1 Å². The summed E-state index contributed by atoms with van der Waals surface area (Å²) in [7, 11) is 2.07. The molecule has 5 nitrogen and oxygen atoms in total. The van der Waals surface area contributed by atoms with Crippen molar-refractivity contribution in [3.8, 4) is 0 Å². The third-order valence-electron chi connectivity index (χ3n) is 4.98. The van der Waals surface area contributed by atoms with Crippen molar-refractivity contribution in [2.24, 2.45) is 0 Å². The summed E-state index contributed by atoms with van der Waals surface area (Å²) in [5, 5.41) is 2.57. The Morgan fingerprint density at radius 3 is 2.33 bits per heavy atom. The lowest BCUT2D eigenvalue weighted by Gasteiger charge is -2.34. The quantitative estimate of drug-likeness (QED) is 0.739. The van der Waals surface area contributed by atoms with Crippen LogP contribution in [0.3, 0.4) is 0 Å². The van der Waals surface area contributed by atoms with E-state index in [1.807, 2.05) is 29.6 Å². The number of imide groups is 1. The van der Waals surface area contributed by atoms with E-state index in [0.717, 1.165) is 36.6 Å². The fraction of sp³-hybridized carbons (Fsp3) is 0.300. The predicted octanol–water partition coefficient (Wildman–Crippen LogP) is 2.93. The first-order chi connectivity index (χ1) is 13.0. The van der Waals surface area contributed by atoms with Gasteiger partial charge in [-0.05, 0) is 36.2 Å². The van der Waals surface area contributed by atoms with Crippen LogP contribution in [0.2, 0.25) is 5.02 Å². The fourth-order valence-electron chi connectivity index (χ4n) is 3.45. The molecule has 1 aromatic heterocycles. The molecule has 0 radical (unpaired) electrons. The first-order valence-corrected chi connectivity index (χ1v) is 10.1. The highest BCUT2D eigenvalue weighted by molar-refractivity contribution is 7.11. The lowest BCUT2D eigenvalue weighted by molar-refractivity contribution is -0.138. The standard InChI is InChI=1S/C20H20ClN3O2S/c1-22-8-10-23(11-9-22)18-17(16-3-2-12-27-16)19(25)24(20(18)26)13-14-4-6-15(21)7-5-14/h2-7,12H,8-11,13H2,1H3. The van der Waals surface area contributed by atoms with E-state index in [-0.39, 0.29) is 18.4 Å². The maximum absolute atomic E-state index is 13.2. The summed E-state index contributed by atoms with van der Waals surface area (Å²) in [4.78, 5) is 32.9. The van der Waals surface area contributed by atoms with E-state index in [4.69, 9.17) is 11.6 Å². The van der Waals surface area contributed by atoms with Crippen LogP contribution >= 0.6 is 22.9 Å². The molecule has 140 valence electrons. The summed E-state index contributed by atoms with van der Waals surface area (Å²) in [6.07, 6.45) is 0. The van der Waals surface area contributed by atoms with Crippen LogP contribution in [0.5, 0.6) is 0 Å². The van der Waals surface area contributed by atoms with Crippen LogP contribution < -0.4 is 0 Å². The minimum absolute atomic E-state index is 0.206. The van der Waals surface area contributed by atoms with Crippen LogP contribution in [-0.2, 0) is 16.1 Å². The zero-order valence-electron chi connectivity index (χ0n) is 15.0. The fourth-order valence-corrected chi connectivity index (χ4v) is 4.33. The molecule has 2 amide bonds. The molecule has 0 spiro atoms. The number of nitrogens with zero attached hydrogens (tertiary/aromatic N) is 3. The number of benzene rings is 1. The molecular formula is C20H20ClN3O2S. The second kappa shape index (κ2) is 7.46. The number of likely N-dealkylation sites (N-methyl/N-ethyl adjacent to an activating group) is 1. The van der Waals surface area contributed by atoms with Crippen LogP contribution in [0.4, 0.5) is 0 Å². The highest BCUT2D eigenvalue weighted by Gasteiger charge is 2.42. The van der Waals surface area contributed by atoms with Gasteiger partial charge in [0.05, 0.1) is 12.1 Å². The molecule has 0 atom stereocenters. The van der Waals surface area contributed by atoms with Crippen molar-refractivity contribution < 1.29 is 9.59 Å². The van der Waals surface area contributed by atoms with Crippen LogP contribution in [0, 0.1) is 0 Å². The maximum atomic E-state index is 13.2. The first kappa shape index (κ1) is 18.2. The molecule has 4 rings (SSSR count). The van der Waals surface area contributed by atoms with Crippen molar-refractivity contribution in [2.45, 2.75) is 6.54 Å². The predicted molar refractivity (Wildman–Crippen MR) is 107 cm³/mol. The number of halogens is 1. The molecule has 7 heteroatoms. The summed E-state index contributed by atoms with van der Waals surface area (Å²) in [5.74, 6) is -0.422. The van der Waals surface area contributed by atoms with Gasteiger partial charge in [0, 0.05) is 36.1 Å². The Kier molecular flexibility index (Phi) is 5.04. The molecule has 0 unspecified atom stereocenters. The van der Waals surface area contributed by atoms with Gasteiger partial charge in [0.25, 0.3) is 11.8 Å². The summed E-state index contributed by atoms with van der Waals surface area (Å²) < 4.78 is 0. The van der Waals surface area contributed by atoms with E-state index >= 15 is 0 Å². The smallest absolute Gasteiger partial charge is 0.278 e. The SMILES string of the molecule is CN1CCN(C2=C(c3cccs3)C(=O)N(Cc3ccc(Cl)cc3)C2=O)CC1. The molecule has 0 N–H and O–H groups in total. The van der Waals surface area contributed by atoms with Gasteiger partial charge < -0.3 is 9.80 Å². The summed E-state index contributed by atoms with van der Waals surface area (Å²) in [5.41, 5.74) is 1.96. The summed E-state index contributed by atoms with van der Waals surface area (Å²) in [6.45, 7) is 3.49. The van der Waals surface area contributed by atoms with Crippen molar-refractivity contribution in [3.05, 3.63) is 62.9 Å². The zero-order valence-corrected chi connectivity index (χ0v) is 16.6. The number of rotatable bonds is 4. The molecule has 27 heavy (non-hydrogen) atoms. The van der Waals surface area contributed by atoms with Crippen molar-refractivity contribution in [2.75, 3.05) is 33.2 Å². The van der Waals surface area contributed by atoms with Gasteiger partial charge >= 0.3 is 0 Å². The molecule has 2 aliphatic rings. The van der Waals surface area contributed by atoms with Crippen LogP contribution in [0.25, 0.3) is 5.57 Å². The third kappa shape index (κ3) is 3.52. The summed E-state index contributed by atoms with van der Waals surface area (Å²) in [6, 6.07) is 11.1. The van der Waals surface area contributed by atoms with E-state index in [1.165, 1.54) is 16.2 Å². The Bertz CT molecular complexity index is 884. The number of hydrogen-bond acceptors (Lipinski definition) is 5. The van der Waals surface area contributed by atoms with E-state index in [9.17, 15) is 9.59 Å². The van der Waals surface area contributed by atoms with Crippen molar-refractivity contribution >= 4 is 40.3 Å². The van der Waals surface area contributed by atoms with Crippen LogP contribution in [0.15, 0.2) is 47.5 Å². The molecule has 1 saturated heterocycles. The van der Waals surface area contributed by atoms with Crippen LogP contribution in [0.1, 0.15) is 10.4 Å². The zero-order chi connectivity index (χ0) is 19.0. The number of piperazine rings is 1. The molecule has 3 heterocycles. The molecule has 2 aromatic rings. The number of carbonyl (C=O) groups excluding carboxylic acids is 2. The Hall–Kier alpha value is -2.15. The van der Waals surface area contributed by atoms with Gasteiger partial charge in [0.2, 0.25) is 0 Å². The topological polar surface area (TPSA) is 43.9 Å². The average Bonchev–Trinajstić information content (AvgIpc) is 3.26. The Morgan fingerprint density at radius 2 is 1.70 bits per heavy atom. The van der Waals surface area contributed by atoms with Gasteiger partial charge in [0.1, 0.15) is 5.70 Å². The minimum atomic E-state index is -0.216. The Balaban J connectivity index is 1.67. The second-order valence-electron chi connectivity index (χ2n) is 6.81. The van der Waals surface area contributed by atoms with Crippen molar-refractivity contribution in [1.29, 1.82) is 0 Å².